The number of carboxylic acid groups (broad SMARTS) is 1. The molecule has 20 heavy (non-hydrogen) atoms. The Kier molecular flexibility index (Phi) is 3.85. The van der Waals surface area contributed by atoms with Gasteiger partial charge in [-0.05, 0) is 32.1 Å². The van der Waals surface area contributed by atoms with Gasteiger partial charge in [-0.2, -0.15) is 13.2 Å². The molecular weight excluding hydrogens is 275 g/mol. The molecule has 1 aliphatic heterocycles. The van der Waals surface area contributed by atoms with Crippen molar-refractivity contribution in [3.63, 3.8) is 0 Å². The van der Waals surface area contributed by atoms with Gasteiger partial charge in [-0.3, -0.25) is 0 Å². The fraction of sp³-hybridized carbons (Fsp3) is 0.500. The Morgan fingerprint density at radius 2 is 2.20 bits per heavy atom. The zero-order valence-electron chi connectivity index (χ0n) is 10.7. The molecule has 2 heterocycles. The standard InChI is InChI=1S/C12H14F3N3O2/c1-18-5-4-7(6-18)16-10-8(11(19)20)2-3-9(17-10)12(13,14)15/h2-3,7H,4-6H2,1H3,(H,16,17)(H,19,20). The van der Waals surface area contributed by atoms with Gasteiger partial charge in [0.1, 0.15) is 17.1 Å². The summed E-state index contributed by atoms with van der Waals surface area (Å²) in [6, 6.07) is 1.50. The number of rotatable bonds is 3. The third kappa shape index (κ3) is 3.19. The summed E-state index contributed by atoms with van der Waals surface area (Å²) in [5, 5.41) is 11.8. The molecule has 0 aromatic carbocycles. The Hall–Kier alpha value is -1.83. The summed E-state index contributed by atoms with van der Waals surface area (Å²) < 4.78 is 37.9. The molecule has 110 valence electrons. The van der Waals surface area contributed by atoms with Crippen LogP contribution in [-0.2, 0) is 6.18 Å². The smallest absolute Gasteiger partial charge is 0.433 e. The number of nitrogens with zero attached hydrogens (tertiary/aromatic N) is 2. The molecule has 8 heteroatoms. The summed E-state index contributed by atoms with van der Waals surface area (Å²) in [6.45, 7) is 1.44. The second-order valence-electron chi connectivity index (χ2n) is 4.79. The molecule has 2 rings (SSSR count). The topological polar surface area (TPSA) is 65.5 Å². The molecule has 1 aromatic heterocycles. The van der Waals surface area contributed by atoms with Crippen LogP contribution in [0, 0.1) is 0 Å². The first kappa shape index (κ1) is 14.6. The molecule has 0 saturated carbocycles. The van der Waals surface area contributed by atoms with Gasteiger partial charge in [0.2, 0.25) is 0 Å². The highest BCUT2D eigenvalue weighted by Gasteiger charge is 2.34. The summed E-state index contributed by atoms with van der Waals surface area (Å²) in [7, 11) is 1.89. The molecule has 2 N–H and O–H groups in total. The van der Waals surface area contributed by atoms with Crippen LogP contribution < -0.4 is 5.32 Å². The minimum absolute atomic E-state index is 0.103. The third-order valence-electron chi connectivity index (χ3n) is 3.15. The Morgan fingerprint density at radius 3 is 2.70 bits per heavy atom. The van der Waals surface area contributed by atoms with Crippen molar-refractivity contribution in [2.45, 2.75) is 18.6 Å². The zero-order chi connectivity index (χ0) is 14.9. The SMILES string of the molecule is CN1CCC(Nc2nc(C(F)(F)F)ccc2C(=O)O)C1. The maximum absolute atomic E-state index is 12.6. The average molecular weight is 289 g/mol. The first-order chi connectivity index (χ1) is 9.27. The molecule has 0 aliphatic carbocycles. The van der Waals surface area contributed by atoms with Crippen LogP contribution in [0.25, 0.3) is 0 Å². The number of carbonyl (C=O) groups is 1. The molecule has 0 amide bonds. The number of hydrogen-bond acceptors (Lipinski definition) is 4. The molecule has 1 fully saturated rings. The number of aromatic carboxylic acids is 1. The summed E-state index contributed by atoms with van der Waals surface area (Å²) in [6.07, 6.45) is -3.87. The van der Waals surface area contributed by atoms with Gasteiger partial charge < -0.3 is 15.3 Å². The molecule has 5 nitrogen and oxygen atoms in total. The maximum Gasteiger partial charge on any atom is 0.433 e. The lowest BCUT2D eigenvalue weighted by Gasteiger charge is -2.16. The number of likely N-dealkylation sites (tertiary alicyclic amines) is 1. The number of pyridine rings is 1. The average Bonchev–Trinajstić information content (AvgIpc) is 2.73. The lowest BCUT2D eigenvalue weighted by molar-refractivity contribution is -0.141. The molecular formula is C12H14F3N3O2. The van der Waals surface area contributed by atoms with Crippen molar-refractivity contribution in [3.8, 4) is 0 Å². The van der Waals surface area contributed by atoms with Crippen LogP contribution in [0.4, 0.5) is 19.0 Å². The van der Waals surface area contributed by atoms with E-state index in [0.29, 0.717) is 12.6 Å². The van der Waals surface area contributed by atoms with Gasteiger partial charge in [0.25, 0.3) is 0 Å². The Labute approximate surface area is 113 Å². The maximum atomic E-state index is 12.6. The van der Waals surface area contributed by atoms with Crippen LogP contribution in [-0.4, -0.2) is 47.1 Å². The van der Waals surface area contributed by atoms with E-state index in [9.17, 15) is 18.0 Å². The predicted molar refractivity (Wildman–Crippen MR) is 65.7 cm³/mol. The molecule has 1 atom stereocenters. The third-order valence-corrected chi connectivity index (χ3v) is 3.15. The Bertz CT molecular complexity index is 519. The van der Waals surface area contributed by atoms with Gasteiger partial charge in [-0.15, -0.1) is 0 Å². The number of alkyl halides is 3. The number of aromatic nitrogens is 1. The highest BCUT2D eigenvalue weighted by Crippen LogP contribution is 2.30. The van der Waals surface area contributed by atoms with Crippen LogP contribution in [0.3, 0.4) is 0 Å². The monoisotopic (exact) mass is 289 g/mol. The van der Waals surface area contributed by atoms with Crippen molar-refractivity contribution in [3.05, 3.63) is 23.4 Å². The van der Waals surface area contributed by atoms with Crippen LogP contribution in [0.5, 0.6) is 0 Å². The van der Waals surface area contributed by atoms with Crippen molar-refractivity contribution in [2.24, 2.45) is 0 Å². The van der Waals surface area contributed by atoms with Gasteiger partial charge in [0, 0.05) is 12.6 Å². The van der Waals surface area contributed by atoms with Gasteiger partial charge in [-0.1, -0.05) is 0 Å². The highest BCUT2D eigenvalue weighted by atomic mass is 19.4. The fourth-order valence-corrected chi connectivity index (χ4v) is 2.15. The van der Waals surface area contributed by atoms with E-state index >= 15 is 0 Å². The van der Waals surface area contributed by atoms with Crippen molar-refractivity contribution < 1.29 is 23.1 Å². The van der Waals surface area contributed by atoms with Crippen LogP contribution in [0.15, 0.2) is 12.1 Å². The summed E-state index contributed by atoms with van der Waals surface area (Å²) in [5.74, 6) is -1.53. The molecule has 0 spiro atoms. The summed E-state index contributed by atoms with van der Waals surface area (Å²) >= 11 is 0. The van der Waals surface area contributed by atoms with E-state index in [-0.39, 0.29) is 17.4 Å². The van der Waals surface area contributed by atoms with E-state index in [4.69, 9.17) is 5.11 Å². The molecule has 1 saturated heterocycles. The van der Waals surface area contributed by atoms with Crippen LogP contribution in [0.1, 0.15) is 22.5 Å². The van der Waals surface area contributed by atoms with Gasteiger partial charge >= 0.3 is 12.1 Å². The van der Waals surface area contributed by atoms with Crippen molar-refractivity contribution in [1.82, 2.24) is 9.88 Å². The quantitative estimate of drug-likeness (QED) is 0.890. The first-order valence-corrected chi connectivity index (χ1v) is 6.04. The van der Waals surface area contributed by atoms with E-state index < -0.39 is 17.8 Å². The number of anilines is 1. The van der Waals surface area contributed by atoms with E-state index in [0.717, 1.165) is 19.0 Å². The minimum atomic E-state index is -4.60. The molecule has 1 aromatic rings. The van der Waals surface area contributed by atoms with E-state index in [1.165, 1.54) is 0 Å². The fourth-order valence-electron chi connectivity index (χ4n) is 2.15. The number of hydrogen-bond donors (Lipinski definition) is 2. The number of halogens is 3. The molecule has 0 bridgehead atoms. The van der Waals surface area contributed by atoms with Crippen LogP contribution >= 0.6 is 0 Å². The summed E-state index contributed by atoms with van der Waals surface area (Å²) in [5.41, 5.74) is -1.36. The predicted octanol–water partition coefficient (Wildman–Crippen LogP) is 1.91. The van der Waals surface area contributed by atoms with E-state index in [2.05, 4.69) is 10.3 Å². The van der Waals surface area contributed by atoms with Gasteiger partial charge in [-0.25, -0.2) is 9.78 Å². The lowest BCUT2D eigenvalue weighted by atomic mass is 10.2. The summed E-state index contributed by atoms with van der Waals surface area (Å²) in [4.78, 5) is 16.5. The van der Waals surface area contributed by atoms with Gasteiger partial charge in [0.05, 0.1) is 0 Å². The lowest BCUT2D eigenvalue weighted by Crippen LogP contribution is -2.26. The largest absolute Gasteiger partial charge is 0.478 e. The Balaban J connectivity index is 2.30. The molecule has 1 aliphatic rings. The van der Waals surface area contributed by atoms with Crippen molar-refractivity contribution >= 4 is 11.8 Å². The van der Waals surface area contributed by atoms with Crippen molar-refractivity contribution in [1.29, 1.82) is 0 Å². The second-order valence-corrected chi connectivity index (χ2v) is 4.79. The Morgan fingerprint density at radius 1 is 1.50 bits per heavy atom. The number of carboxylic acids is 1. The zero-order valence-corrected chi connectivity index (χ0v) is 10.7. The van der Waals surface area contributed by atoms with E-state index in [1.54, 1.807) is 0 Å². The number of nitrogens with one attached hydrogen (secondary N) is 1. The first-order valence-electron chi connectivity index (χ1n) is 6.04. The highest BCUT2D eigenvalue weighted by molar-refractivity contribution is 5.93. The normalized spacial score (nSPS) is 20.1. The van der Waals surface area contributed by atoms with E-state index in [1.807, 2.05) is 11.9 Å². The second kappa shape index (κ2) is 5.28. The molecule has 0 radical (unpaired) electrons. The number of likely N-dealkylation sites (N-methyl/N-ethyl adjacent to an activating group) is 1. The van der Waals surface area contributed by atoms with Crippen molar-refractivity contribution in [2.75, 3.05) is 25.5 Å². The van der Waals surface area contributed by atoms with Gasteiger partial charge in [0.15, 0.2) is 0 Å². The minimum Gasteiger partial charge on any atom is -0.478 e. The van der Waals surface area contributed by atoms with Crippen LogP contribution in [0.2, 0.25) is 0 Å². The molecule has 1 unspecified atom stereocenters.